The molecule has 1 aliphatic heterocycles. The van der Waals surface area contributed by atoms with Gasteiger partial charge in [0.2, 0.25) is 0 Å². The Morgan fingerprint density at radius 2 is 1.35 bits per heavy atom. The monoisotopic (exact) mass is 286 g/mol. The third kappa shape index (κ3) is 2.88. The van der Waals surface area contributed by atoms with Gasteiger partial charge in [0.15, 0.2) is 0 Å². The standard InChI is InChI=1S/C15H26O5/c16-10-3-1-8-5-13(19)15(20-14(8)7-10)9-2-4-11(17)12(18)6-9/h8-19H,1-7H2. The van der Waals surface area contributed by atoms with Crippen LogP contribution in [0.1, 0.15) is 44.9 Å². The molecule has 8 unspecified atom stereocenters. The van der Waals surface area contributed by atoms with Crippen LogP contribution in [0.4, 0.5) is 0 Å². The first-order chi connectivity index (χ1) is 9.54. The molecular formula is C15H26O5. The Bertz CT molecular complexity index is 336. The minimum atomic E-state index is -0.709. The van der Waals surface area contributed by atoms with Crippen molar-refractivity contribution in [3.05, 3.63) is 0 Å². The van der Waals surface area contributed by atoms with Gasteiger partial charge >= 0.3 is 0 Å². The van der Waals surface area contributed by atoms with Gasteiger partial charge in [-0.05, 0) is 56.8 Å². The zero-order valence-corrected chi connectivity index (χ0v) is 11.8. The zero-order valence-electron chi connectivity index (χ0n) is 11.8. The third-order valence-electron chi connectivity index (χ3n) is 5.44. The first-order valence-electron chi connectivity index (χ1n) is 7.92. The third-order valence-corrected chi connectivity index (χ3v) is 5.44. The molecule has 0 aromatic heterocycles. The number of hydrogen-bond acceptors (Lipinski definition) is 5. The van der Waals surface area contributed by atoms with E-state index in [2.05, 4.69) is 0 Å². The minimum Gasteiger partial charge on any atom is -0.393 e. The molecule has 0 aromatic carbocycles. The van der Waals surface area contributed by atoms with Crippen molar-refractivity contribution >= 4 is 0 Å². The molecule has 3 aliphatic rings. The fourth-order valence-electron chi connectivity index (χ4n) is 4.23. The first kappa shape index (κ1) is 14.7. The van der Waals surface area contributed by atoms with Crippen LogP contribution in [0.2, 0.25) is 0 Å². The number of ether oxygens (including phenoxy) is 1. The number of aliphatic hydroxyl groups excluding tert-OH is 4. The van der Waals surface area contributed by atoms with E-state index in [9.17, 15) is 20.4 Å². The second kappa shape index (κ2) is 5.89. The largest absolute Gasteiger partial charge is 0.393 e. The van der Waals surface area contributed by atoms with Crippen LogP contribution in [0.25, 0.3) is 0 Å². The average Bonchev–Trinajstić information content (AvgIpc) is 2.42. The molecule has 1 saturated heterocycles. The van der Waals surface area contributed by atoms with Crippen molar-refractivity contribution in [2.24, 2.45) is 11.8 Å². The number of rotatable bonds is 1. The molecule has 3 rings (SSSR count). The summed E-state index contributed by atoms with van der Waals surface area (Å²) in [6.07, 6.45) is 2.60. The Morgan fingerprint density at radius 3 is 2.10 bits per heavy atom. The summed E-state index contributed by atoms with van der Waals surface area (Å²) < 4.78 is 6.09. The molecule has 1 heterocycles. The maximum Gasteiger partial charge on any atom is 0.0866 e. The Balaban J connectivity index is 1.64. The van der Waals surface area contributed by atoms with Gasteiger partial charge < -0.3 is 25.2 Å². The highest BCUT2D eigenvalue weighted by molar-refractivity contribution is 4.94. The summed E-state index contributed by atoms with van der Waals surface area (Å²) in [4.78, 5) is 0. The Morgan fingerprint density at radius 1 is 0.650 bits per heavy atom. The van der Waals surface area contributed by atoms with Crippen molar-refractivity contribution in [1.29, 1.82) is 0 Å². The van der Waals surface area contributed by atoms with E-state index in [0.717, 1.165) is 25.7 Å². The normalized spacial score (nSPS) is 53.4. The highest BCUT2D eigenvalue weighted by Gasteiger charge is 2.44. The smallest absolute Gasteiger partial charge is 0.0866 e. The van der Waals surface area contributed by atoms with Crippen LogP contribution in [0.5, 0.6) is 0 Å². The molecule has 116 valence electrons. The Kier molecular flexibility index (Phi) is 4.34. The van der Waals surface area contributed by atoms with E-state index in [1.807, 2.05) is 0 Å². The van der Waals surface area contributed by atoms with Crippen molar-refractivity contribution in [2.45, 2.75) is 81.6 Å². The topological polar surface area (TPSA) is 90.2 Å². The van der Waals surface area contributed by atoms with Crippen LogP contribution in [0, 0.1) is 11.8 Å². The van der Waals surface area contributed by atoms with E-state index in [1.54, 1.807) is 0 Å². The molecule has 0 amide bonds. The summed E-state index contributed by atoms with van der Waals surface area (Å²) in [6.45, 7) is 0. The van der Waals surface area contributed by atoms with E-state index in [4.69, 9.17) is 4.74 Å². The summed E-state index contributed by atoms with van der Waals surface area (Å²) in [6, 6.07) is 0. The van der Waals surface area contributed by atoms with Crippen LogP contribution in [-0.2, 0) is 4.74 Å². The molecule has 0 bridgehead atoms. The SMILES string of the molecule is OC1CCC2CC(O)C(C3CCC(O)C(O)C3)OC2C1. The molecule has 8 atom stereocenters. The van der Waals surface area contributed by atoms with Crippen molar-refractivity contribution in [1.82, 2.24) is 0 Å². The first-order valence-corrected chi connectivity index (χ1v) is 7.92. The van der Waals surface area contributed by atoms with Gasteiger partial charge in [-0.15, -0.1) is 0 Å². The Labute approximate surface area is 119 Å². The predicted octanol–water partition coefficient (Wildman–Crippen LogP) is 0.188. The Hall–Kier alpha value is -0.200. The lowest BCUT2D eigenvalue weighted by molar-refractivity contribution is -0.195. The lowest BCUT2D eigenvalue weighted by atomic mass is 9.74. The molecular weight excluding hydrogens is 260 g/mol. The molecule has 5 heteroatoms. The summed E-state index contributed by atoms with van der Waals surface area (Å²) >= 11 is 0. The van der Waals surface area contributed by atoms with Crippen molar-refractivity contribution < 1.29 is 25.2 Å². The van der Waals surface area contributed by atoms with Crippen molar-refractivity contribution in [3.8, 4) is 0 Å². The van der Waals surface area contributed by atoms with Crippen molar-refractivity contribution in [2.75, 3.05) is 0 Å². The van der Waals surface area contributed by atoms with Crippen LogP contribution in [0.3, 0.4) is 0 Å². The van der Waals surface area contributed by atoms with Crippen LogP contribution in [0.15, 0.2) is 0 Å². The van der Waals surface area contributed by atoms with Gasteiger partial charge in [-0.3, -0.25) is 0 Å². The predicted molar refractivity (Wildman–Crippen MR) is 72.0 cm³/mol. The summed E-state index contributed by atoms with van der Waals surface area (Å²) in [5, 5.41) is 39.5. The highest BCUT2D eigenvalue weighted by Crippen LogP contribution is 2.41. The maximum absolute atomic E-state index is 10.3. The number of fused-ring (bicyclic) bond motifs is 1. The van der Waals surface area contributed by atoms with Crippen LogP contribution in [-0.4, -0.2) is 57.0 Å². The van der Waals surface area contributed by atoms with Gasteiger partial charge in [0.25, 0.3) is 0 Å². The molecule has 20 heavy (non-hydrogen) atoms. The van der Waals surface area contributed by atoms with E-state index in [-0.39, 0.29) is 24.2 Å². The van der Waals surface area contributed by atoms with Gasteiger partial charge in [-0.2, -0.15) is 0 Å². The fraction of sp³-hybridized carbons (Fsp3) is 1.00. The molecule has 5 nitrogen and oxygen atoms in total. The molecule has 0 spiro atoms. The van der Waals surface area contributed by atoms with E-state index in [0.29, 0.717) is 25.2 Å². The van der Waals surface area contributed by atoms with Crippen LogP contribution >= 0.6 is 0 Å². The summed E-state index contributed by atoms with van der Waals surface area (Å²) in [7, 11) is 0. The summed E-state index contributed by atoms with van der Waals surface area (Å²) in [5.74, 6) is 0.451. The van der Waals surface area contributed by atoms with Gasteiger partial charge in [0, 0.05) is 0 Å². The highest BCUT2D eigenvalue weighted by atomic mass is 16.5. The quantitative estimate of drug-likeness (QED) is 0.552. The second-order valence-corrected chi connectivity index (χ2v) is 6.88. The maximum atomic E-state index is 10.3. The fourth-order valence-corrected chi connectivity index (χ4v) is 4.23. The average molecular weight is 286 g/mol. The minimum absolute atomic E-state index is 0.0381. The molecule has 0 radical (unpaired) electrons. The van der Waals surface area contributed by atoms with Gasteiger partial charge in [0.1, 0.15) is 0 Å². The number of aliphatic hydroxyl groups is 4. The van der Waals surface area contributed by atoms with E-state index in [1.165, 1.54) is 0 Å². The lowest BCUT2D eigenvalue weighted by Crippen LogP contribution is -2.52. The van der Waals surface area contributed by atoms with Gasteiger partial charge in [-0.1, -0.05) is 0 Å². The van der Waals surface area contributed by atoms with Gasteiger partial charge in [0.05, 0.1) is 36.6 Å². The molecule has 4 N–H and O–H groups in total. The molecule has 0 aromatic rings. The van der Waals surface area contributed by atoms with Crippen LogP contribution < -0.4 is 0 Å². The molecule has 2 aliphatic carbocycles. The molecule has 2 saturated carbocycles. The lowest BCUT2D eigenvalue weighted by Gasteiger charge is -2.47. The molecule has 3 fully saturated rings. The number of hydrogen-bond donors (Lipinski definition) is 4. The summed E-state index contributed by atoms with van der Waals surface area (Å²) in [5.41, 5.74) is 0. The van der Waals surface area contributed by atoms with Crippen molar-refractivity contribution in [3.63, 3.8) is 0 Å². The van der Waals surface area contributed by atoms with Gasteiger partial charge in [-0.25, -0.2) is 0 Å². The van der Waals surface area contributed by atoms with E-state index >= 15 is 0 Å². The van der Waals surface area contributed by atoms with E-state index < -0.39 is 18.3 Å². The zero-order chi connectivity index (χ0) is 14.3. The second-order valence-electron chi connectivity index (χ2n) is 6.88.